The van der Waals surface area contributed by atoms with E-state index in [1.807, 2.05) is 12.1 Å². The van der Waals surface area contributed by atoms with Crippen molar-refractivity contribution in [1.82, 2.24) is 4.90 Å². The lowest BCUT2D eigenvalue weighted by Crippen LogP contribution is -2.26. The highest BCUT2D eigenvalue weighted by Crippen LogP contribution is 2.40. The highest BCUT2D eigenvalue weighted by atomic mass is 35.5. The average Bonchev–Trinajstić information content (AvgIpc) is 2.76. The fraction of sp³-hybridized carbons (Fsp3) is 0.625. The molecule has 0 aromatic heterocycles. The summed E-state index contributed by atoms with van der Waals surface area (Å²) in [5.74, 6) is 1.58. The van der Waals surface area contributed by atoms with Crippen molar-refractivity contribution in [2.24, 2.45) is 11.7 Å². The molecule has 3 rings (SSSR count). The smallest absolute Gasteiger partial charge is 0.124 e. The maximum atomic E-state index is 6.20. The van der Waals surface area contributed by atoms with Crippen LogP contribution in [0.25, 0.3) is 0 Å². The van der Waals surface area contributed by atoms with E-state index in [9.17, 15) is 0 Å². The number of hydrogen-bond acceptors (Lipinski definition) is 3. The molecule has 2 atom stereocenters. The molecular weight excluding hydrogens is 272 g/mol. The van der Waals surface area contributed by atoms with Crippen molar-refractivity contribution in [3.8, 4) is 5.75 Å². The van der Waals surface area contributed by atoms with Crippen molar-refractivity contribution in [2.45, 2.75) is 37.8 Å². The minimum atomic E-state index is 0.373. The Morgan fingerprint density at radius 2 is 2.20 bits per heavy atom. The number of halogens is 1. The van der Waals surface area contributed by atoms with Crippen molar-refractivity contribution in [1.29, 1.82) is 0 Å². The van der Waals surface area contributed by atoms with Gasteiger partial charge in [0.2, 0.25) is 0 Å². The molecule has 0 spiro atoms. The second kappa shape index (κ2) is 5.92. The topological polar surface area (TPSA) is 38.5 Å². The van der Waals surface area contributed by atoms with Gasteiger partial charge in [-0.2, -0.15) is 0 Å². The van der Waals surface area contributed by atoms with Gasteiger partial charge in [-0.25, -0.2) is 0 Å². The molecule has 0 amide bonds. The SMILES string of the molecule is CN1CC(CN)CC1c1cc(Cl)ccc1OC1CCC1. The predicted octanol–water partition coefficient (Wildman–Crippen LogP) is 3.22. The largest absolute Gasteiger partial charge is 0.490 e. The second-order valence-electron chi connectivity index (χ2n) is 6.15. The van der Waals surface area contributed by atoms with Crippen molar-refractivity contribution in [3.63, 3.8) is 0 Å². The van der Waals surface area contributed by atoms with E-state index in [0.29, 0.717) is 18.1 Å². The highest BCUT2D eigenvalue weighted by Gasteiger charge is 2.32. The lowest BCUT2D eigenvalue weighted by atomic mass is 9.95. The highest BCUT2D eigenvalue weighted by molar-refractivity contribution is 6.30. The van der Waals surface area contributed by atoms with E-state index in [2.05, 4.69) is 18.0 Å². The van der Waals surface area contributed by atoms with Crippen LogP contribution in [0.5, 0.6) is 5.75 Å². The summed E-state index contributed by atoms with van der Waals surface area (Å²) in [6.45, 7) is 1.80. The lowest BCUT2D eigenvalue weighted by molar-refractivity contribution is 0.117. The normalized spacial score (nSPS) is 27.6. The maximum absolute atomic E-state index is 6.20. The van der Waals surface area contributed by atoms with Gasteiger partial charge >= 0.3 is 0 Å². The number of benzene rings is 1. The molecule has 0 bridgehead atoms. The molecule has 1 aromatic rings. The minimum Gasteiger partial charge on any atom is -0.490 e. The van der Waals surface area contributed by atoms with Gasteiger partial charge in [0, 0.05) is 23.2 Å². The fourth-order valence-corrected chi connectivity index (χ4v) is 3.38. The first-order valence-electron chi connectivity index (χ1n) is 7.53. The summed E-state index contributed by atoms with van der Waals surface area (Å²) in [6.07, 6.45) is 5.12. The summed E-state index contributed by atoms with van der Waals surface area (Å²) in [7, 11) is 2.16. The van der Waals surface area contributed by atoms with Gasteiger partial charge in [-0.15, -0.1) is 0 Å². The van der Waals surface area contributed by atoms with Crippen LogP contribution in [-0.4, -0.2) is 31.1 Å². The number of hydrogen-bond donors (Lipinski definition) is 1. The molecule has 20 heavy (non-hydrogen) atoms. The molecule has 2 aliphatic rings. The molecule has 1 aliphatic heterocycles. The van der Waals surface area contributed by atoms with Crippen LogP contribution >= 0.6 is 11.6 Å². The molecule has 2 N–H and O–H groups in total. The number of nitrogens with zero attached hydrogens (tertiary/aromatic N) is 1. The van der Waals surface area contributed by atoms with Crippen molar-refractivity contribution in [2.75, 3.05) is 20.1 Å². The van der Waals surface area contributed by atoms with E-state index in [1.54, 1.807) is 0 Å². The third-order valence-corrected chi connectivity index (χ3v) is 4.88. The Morgan fingerprint density at radius 1 is 1.40 bits per heavy atom. The molecule has 1 heterocycles. The summed E-state index contributed by atoms with van der Waals surface area (Å²) in [6, 6.07) is 6.39. The zero-order valence-corrected chi connectivity index (χ0v) is 12.8. The lowest BCUT2D eigenvalue weighted by Gasteiger charge is -2.29. The van der Waals surface area contributed by atoms with Gasteiger partial charge in [-0.1, -0.05) is 11.6 Å². The zero-order chi connectivity index (χ0) is 14.1. The summed E-state index contributed by atoms with van der Waals surface area (Å²) in [5.41, 5.74) is 7.06. The van der Waals surface area contributed by atoms with E-state index >= 15 is 0 Å². The third-order valence-electron chi connectivity index (χ3n) is 4.64. The van der Waals surface area contributed by atoms with E-state index in [0.717, 1.165) is 30.3 Å². The molecular formula is C16H23ClN2O. The van der Waals surface area contributed by atoms with Gasteiger partial charge in [-0.05, 0) is 63.4 Å². The van der Waals surface area contributed by atoms with Crippen LogP contribution in [0, 0.1) is 5.92 Å². The Hall–Kier alpha value is -0.770. The molecule has 3 nitrogen and oxygen atoms in total. The molecule has 1 saturated carbocycles. The maximum Gasteiger partial charge on any atom is 0.124 e. The molecule has 2 fully saturated rings. The van der Waals surface area contributed by atoms with Crippen LogP contribution in [0.15, 0.2) is 18.2 Å². The Balaban J connectivity index is 1.84. The van der Waals surface area contributed by atoms with Crippen LogP contribution in [0.3, 0.4) is 0 Å². The molecule has 0 radical (unpaired) electrons. The predicted molar refractivity (Wildman–Crippen MR) is 82.3 cm³/mol. The first-order valence-corrected chi connectivity index (χ1v) is 7.91. The van der Waals surface area contributed by atoms with Gasteiger partial charge in [0.1, 0.15) is 5.75 Å². The number of nitrogens with two attached hydrogens (primary N) is 1. The quantitative estimate of drug-likeness (QED) is 0.926. The molecule has 1 aliphatic carbocycles. The molecule has 110 valence electrons. The van der Waals surface area contributed by atoms with E-state index < -0.39 is 0 Å². The molecule has 4 heteroatoms. The minimum absolute atomic E-state index is 0.373. The van der Waals surface area contributed by atoms with Gasteiger partial charge in [0.05, 0.1) is 6.10 Å². The van der Waals surface area contributed by atoms with E-state index in [4.69, 9.17) is 22.1 Å². The Bertz CT molecular complexity index is 476. The summed E-state index contributed by atoms with van der Waals surface area (Å²) < 4.78 is 6.15. The van der Waals surface area contributed by atoms with Gasteiger partial charge in [0.15, 0.2) is 0 Å². The van der Waals surface area contributed by atoms with Gasteiger partial charge in [0.25, 0.3) is 0 Å². The third kappa shape index (κ3) is 2.80. The monoisotopic (exact) mass is 294 g/mol. The van der Waals surface area contributed by atoms with Crippen LogP contribution in [0.4, 0.5) is 0 Å². The van der Waals surface area contributed by atoms with Gasteiger partial charge < -0.3 is 10.5 Å². The van der Waals surface area contributed by atoms with Crippen molar-refractivity contribution >= 4 is 11.6 Å². The Morgan fingerprint density at radius 3 is 2.80 bits per heavy atom. The van der Waals surface area contributed by atoms with Crippen molar-refractivity contribution in [3.05, 3.63) is 28.8 Å². The Labute approximate surface area is 126 Å². The zero-order valence-electron chi connectivity index (χ0n) is 12.0. The summed E-state index contributed by atoms with van der Waals surface area (Å²) >= 11 is 6.20. The second-order valence-corrected chi connectivity index (χ2v) is 6.58. The first kappa shape index (κ1) is 14.2. The molecule has 1 saturated heterocycles. The van der Waals surface area contributed by atoms with Crippen molar-refractivity contribution < 1.29 is 4.74 Å². The number of rotatable bonds is 4. The fourth-order valence-electron chi connectivity index (χ4n) is 3.20. The van der Waals surface area contributed by atoms with Crippen LogP contribution in [0.2, 0.25) is 5.02 Å². The van der Waals surface area contributed by atoms with Crippen LogP contribution in [0.1, 0.15) is 37.3 Å². The molecule has 1 aromatic carbocycles. The summed E-state index contributed by atoms with van der Waals surface area (Å²) in [5, 5.41) is 0.783. The number of likely N-dealkylation sites (tertiary alicyclic amines) is 1. The van der Waals surface area contributed by atoms with Gasteiger partial charge in [-0.3, -0.25) is 4.90 Å². The number of ether oxygens (including phenoxy) is 1. The Kier molecular flexibility index (Phi) is 4.20. The first-order chi connectivity index (χ1) is 9.67. The standard InChI is InChI=1S/C16H23ClN2O/c1-19-10-11(9-18)7-15(19)14-8-12(17)5-6-16(14)20-13-3-2-4-13/h5-6,8,11,13,15H,2-4,7,9-10,18H2,1H3. The van der Waals surface area contributed by atoms with Crippen LogP contribution < -0.4 is 10.5 Å². The van der Waals surface area contributed by atoms with E-state index in [1.165, 1.54) is 24.8 Å². The average molecular weight is 295 g/mol. The molecule has 2 unspecified atom stereocenters. The van der Waals surface area contributed by atoms with E-state index in [-0.39, 0.29) is 0 Å². The summed E-state index contributed by atoms with van der Waals surface area (Å²) in [4.78, 5) is 2.37. The van der Waals surface area contributed by atoms with Crippen LogP contribution in [-0.2, 0) is 0 Å².